The summed E-state index contributed by atoms with van der Waals surface area (Å²) in [5.74, 6) is 0.950. The van der Waals surface area contributed by atoms with Crippen molar-refractivity contribution in [3.8, 4) is 0 Å². The van der Waals surface area contributed by atoms with Gasteiger partial charge >= 0.3 is 0 Å². The van der Waals surface area contributed by atoms with Gasteiger partial charge < -0.3 is 4.52 Å². The third-order valence-electron chi connectivity index (χ3n) is 3.38. The molecule has 0 amide bonds. The van der Waals surface area contributed by atoms with E-state index in [0.717, 1.165) is 25.4 Å². The zero-order valence-electron chi connectivity index (χ0n) is 10.4. The van der Waals surface area contributed by atoms with Gasteiger partial charge in [0.2, 0.25) is 0 Å². The van der Waals surface area contributed by atoms with E-state index >= 15 is 0 Å². The van der Waals surface area contributed by atoms with Crippen molar-refractivity contribution in [2.45, 2.75) is 33.4 Å². The van der Waals surface area contributed by atoms with E-state index in [1.165, 1.54) is 18.7 Å². The second-order valence-electron chi connectivity index (χ2n) is 4.81. The molecule has 0 aliphatic carbocycles. The first-order valence-electron chi connectivity index (χ1n) is 6.03. The second kappa shape index (κ2) is 4.97. The standard InChI is InChI=1S/C12H21N3O/c1-10(2)15-6-4-14(5-7-15)9-12-8-13-16-11(12)3/h8,10H,4-7,9H2,1-3H3. The normalized spacial score (nSPS) is 19.5. The molecule has 0 N–H and O–H groups in total. The summed E-state index contributed by atoms with van der Waals surface area (Å²) >= 11 is 0. The Kier molecular flexibility index (Phi) is 3.61. The largest absolute Gasteiger partial charge is 0.361 e. The minimum atomic E-state index is 0.666. The van der Waals surface area contributed by atoms with E-state index in [2.05, 4.69) is 28.8 Å². The molecule has 0 radical (unpaired) electrons. The maximum atomic E-state index is 5.08. The van der Waals surface area contributed by atoms with E-state index in [4.69, 9.17) is 4.52 Å². The predicted octanol–water partition coefficient (Wildman–Crippen LogP) is 1.51. The van der Waals surface area contributed by atoms with Gasteiger partial charge in [0.1, 0.15) is 5.76 Å². The molecule has 0 atom stereocenters. The van der Waals surface area contributed by atoms with Gasteiger partial charge in [-0.05, 0) is 20.8 Å². The molecule has 0 saturated carbocycles. The quantitative estimate of drug-likeness (QED) is 0.777. The molecular weight excluding hydrogens is 202 g/mol. The highest BCUT2D eigenvalue weighted by molar-refractivity contribution is 5.11. The lowest BCUT2D eigenvalue weighted by Gasteiger charge is -2.36. The number of nitrogens with zero attached hydrogens (tertiary/aromatic N) is 3. The SMILES string of the molecule is Cc1oncc1CN1CCN(C(C)C)CC1. The van der Waals surface area contributed by atoms with Gasteiger partial charge in [0.05, 0.1) is 6.20 Å². The minimum Gasteiger partial charge on any atom is -0.361 e. The first-order chi connectivity index (χ1) is 7.66. The Morgan fingerprint density at radius 2 is 2.00 bits per heavy atom. The summed E-state index contributed by atoms with van der Waals surface area (Å²) in [4.78, 5) is 5.00. The van der Waals surface area contributed by atoms with Crippen LogP contribution in [0, 0.1) is 6.92 Å². The molecule has 4 heteroatoms. The highest BCUT2D eigenvalue weighted by Gasteiger charge is 2.19. The molecule has 1 fully saturated rings. The number of hydrogen-bond donors (Lipinski definition) is 0. The molecule has 1 aromatic heterocycles. The van der Waals surface area contributed by atoms with Gasteiger partial charge in [0.15, 0.2) is 0 Å². The van der Waals surface area contributed by atoms with Crippen LogP contribution in [0.4, 0.5) is 0 Å². The topological polar surface area (TPSA) is 32.5 Å². The predicted molar refractivity (Wildman–Crippen MR) is 63.2 cm³/mol. The molecule has 0 bridgehead atoms. The zero-order chi connectivity index (χ0) is 11.5. The van der Waals surface area contributed by atoms with Crippen LogP contribution >= 0.6 is 0 Å². The maximum absolute atomic E-state index is 5.08. The molecule has 0 aromatic carbocycles. The lowest BCUT2D eigenvalue weighted by Crippen LogP contribution is -2.48. The third kappa shape index (κ3) is 2.62. The molecule has 16 heavy (non-hydrogen) atoms. The first-order valence-corrected chi connectivity index (χ1v) is 6.03. The van der Waals surface area contributed by atoms with Crippen molar-refractivity contribution in [3.05, 3.63) is 17.5 Å². The average molecular weight is 223 g/mol. The van der Waals surface area contributed by atoms with Crippen LogP contribution in [0.5, 0.6) is 0 Å². The number of aryl methyl sites for hydroxylation is 1. The zero-order valence-corrected chi connectivity index (χ0v) is 10.4. The van der Waals surface area contributed by atoms with Crippen LogP contribution < -0.4 is 0 Å². The molecule has 1 saturated heterocycles. The monoisotopic (exact) mass is 223 g/mol. The molecule has 2 rings (SSSR count). The average Bonchev–Trinajstić information content (AvgIpc) is 2.65. The summed E-state index contributed by atoms with van der Waals surface area (Å²) < 4.78 is 5.08. The first kappa shape index (κ1) is 11.6. The molecule has 90 valence electrons. The summed E-state index contributed by atoms with van der Waals surface area (Å²) in [5, 5.41) is 3.82. The highest BCUT2D eigenvalue weighted by atomic mass is 16.5. The van der Waals surface area contributed by atoms with Gasteiger partial charge in [-0.1, -0.05) is 5.16 Å². The Hall–Kier alpha value is -0.870. The van der Waals surface area contributed by atoms with Gasteiger partial charge in [0.25, 0.3) is 0 Å². The van der Waals surface area contributed by atoms with E-state index in [0.29, 0.717) is 6.04 Å². The number of rotatable bonds is 3. The summed E-state index contributed by atoms with van der Waals surface area (Å²) in [6, 6.07) is 0.666. The molecule has 1 aliphatic rings. The minimum absolute atomic E-state index is 0.666. The van der Waals surface area contributed by atoms with E-state index in [9.17, 15) is 0 Å². The molecule has 0 spiro atoms. The van der Waals surface area contributed by atoms with Crippen LogP contribution in [0.1, 0.15) is 25.2 Å². The van der Waals surface area contributed by atoms with Crippen LogP contribution in [-0.2, 0) is 6.54 Å². The Labute approximate surface area is 97.2 Å². The Bertz CT molecular complexity index is 327. The summed E-state index contributed by atoms with van der Waals surface area (Å²) in [7, 11) is 0. The number of piperazine rings is 1. The molecule has 1 aliphatic heterocycles. The summed E-state index contributed by atoms with van der Waals surface area (Å²) in [5.41, 5.74) is 1.22. The van der Waals surface area contributed by atoms with E-state index in [1.807, 2.05) is 13.1 Å². The van der Waals surface area contributed by atoms with Gasteiger partial charge in [-0.3, -0.25) is 9.80 Å². The van der Waals surface area contributed by atoms with E-state index in [-0.39, 0.29) is 0 Å². The fourth-order valence-corrected chi connectivity index (χ4v) is 2.15. The molecular formula is C12H21N3O. The number of hydrogen-bond acceptors (Lipinski definition) is 4. The fourth-order valence-electron chi connectivity index (χ4n) is 2.15. The van der Waals surface area contributed by atoms with Crippen molar-refractivity contribution < 1.29 is 4.52 Å². The molecule has 1 aromatic rings. The summed E-state index contributed by atoms with van der Waals surface area (Å²) in [6.07, 6.45) is 1.84. The van der Waals surface area contributed by atoms with Gasteiger partial charge in [0, 0.05) is 44.3 Å². The second-order valence-corrected chi connectivity index (χ2v) is 4.81. The lowest BCUT2D eigenvalue weighted by atomic mass is 10.2. The van der Waals surface area contributed by atoms with Crippen LogP contribution in [-0.4, -0.2) is 47.2 Å². The van der Waals surface area contributed by atoms with Gasteiger partial charge in [-0.15, -0.1) is 0 Å². The van der Waals surface area contributed by atoms with E-state index < -0.39 is 0 Å². The van der Waals surface area contributed by atoms with Crippen molar-refractivity contribution in [2.75, 3.05) is 26.2 Å². The van der Waals surface area contributed by atoms with Crippen LogP contribution in [0.2, 0.25) is 0 Å². The van der Waals surface area contributed by atoms with Crippen molar-refractivity contribution in [2.24, 2.45) is 0 Å². The summed E-state index contributed by atoms with van der Waals surface area (Å²) in [6.45, 7) is 12.1. The van der Waals surface area contributed by atoms with Crippen molar-refractivity contribution in [3.63, 3.8) is 0 Å². The van der Waals surface area contributed by atoms with Crippen molar-refractivity contribution in [1.29, 1.82) is 0 Å². The van der Waals surface area contributed by atoms with Gasteiger partial charge in [-0.25, -0.2) is 0 Å². The number of aromatic nitrogens is 1. The van der Waals surface area contributed by atoms with Gasteiger partial charge in [-0.2, -0.15) is 0 Å². The van der Waals surface area contributed by atoms with Crippen LogP contribution in [0.3, 0.4) is 0 Å². The maximum Gasteiger partial charge on any atom is 0.138 e. The van der Waals surface area contributed by atoms with Crippen molar-refractivity contribution in [1.82, 2.24) is 15.0 Å². The smallest absolute Gasteiger partial charge is 0.138 e. The molecule has 2 heterocycles. The van der Waals surface area contributed by atoms with Crippen LogP contribution in [0.25, 0.3) is 0 Å². The fraction of sp³-hybridized carbons (Fsp3) is 0.750. The highest BCUT2D eigenvalue weighted by Crippen LogP contribution is 2.12. The Morgan fingerprint density at radius 3 is 2.50 bits per heavy atom. The Morgan fingerprint density at radius 1 is 1.31 bits per heavy atom. The lowest BCUT2D eigenvalue weighted by molar-refractivity contribution is 0.104. The Balaban J connectivity index is 1.84. The third-order valence-corrected chi connectivity index (χ3v) is 3.38. The molecule has 4 nitrogen and oxygen atoms in total. The molecule has 0 unspecified atom stereocenters. The van der Waals surface area contributed by atoms with E-state index in [1.54, 1.807) is 0 Å². The van der Waals surface area contributed by atoms with Crippen molar-refractivity contribution >= 4 is 0 Å². The van der Waals surface area contributed by atoms with Crippen LogP contribution in [0.15, 0.2) is 10.7 Å².